The van der Waals surface area contributed by atoms with E-state index in [0.717, 1.165) is 6.07 Å². The molecule has 76 valence electrons. The average molecular weight is 197 g/mol. The maximum atomic E-state index is 12.8. The summed E-state index contributed by atoms with van der Waals surface area (Å²) in [5.74, 6) is -1.51. The number of hydrogen-bond donors (Lipinski definition) is 2. The highest BCUT2D eigenvalue weighted by molar-refractivity contribution is 5.94. The predicted molar refractivity (Wildman–Crippen MR) is 52.1 cm³/mol. The van der Waals surface area contributed by atoms with Crippen LogP contribution in [0.4, 0.5) is 10.1 Å². The third kappa shape index (κ3) is 2.45. The van der Waals surface area contributed by atoms with Crippen LogP contribution in [-0.2, 0) is 0 Å². The van der Waals surface area contributed by atoms with Gasteiger partial charge < -0.3 is 10.4 Å². The van der Waals surface area contributed by atoms with Gasteiger partial charge in [-0.3, -0.25) is 0 Å². The highest BCUT2D eigenvalue weighted by atomic mass is 19.1. The zero-order valence-electron chi connectivity index (χ0n) is 8.04. The van der Waals surface area contributed by atoms with E-state index in [4.69, 9.17) is 5.11 Å². The van der Waals surface area contributed by atoms with Crippen LogP contribution in [0, 0.1) is 5.82 Å². The van der Waals surface area contributed by atoms with Crippen molar-refractivity contribution in [3.63, 3.8) is 0 Å². The number of rotatable bonds is 3. The third-order valence-electron chi connectivity index (χ3n) is 1.66. The molecule has 0 atom stereocenters. The molecule has 0 saturated carbocycles. The van der Waals surface area contributed by atoms with Crippen molar-refractivity contribution in [2.75, 3.05) is 5.32 Å². The van der Waals surface area contributed by atoms with Crippen LogP contribution in [-0.4, -0.2) is 17.1 Å². The normalized spacial score (nSPS) is 10.3. The number of halogens is 1. The Balaban J connectivity index is 3.09. The van der Waals surface area contributed by atoms with Crippen LogP contribution in [0.1, 0.15) is 24.2 Å². The molecule has 0 amide bonds. The number of carboxylic acid groups (broad SMARTS) is 1. The van der Waals surface area contributed by atoms with Crippen LogP contribution in [0.5, 0.6) is 0 Å². The summed E-state index contributed by atoms with van der Waals surface area (Å²) in [4.78, 5) is 10.8. The summed E-state index contributed by atoms with van der Waals surface area (Å²) in [6.07, 6.45) is 0. The van der Waals surface area contributed by atoms with Gasteiger partial charge >= 0.3 is 5.97 Å². The topological polar surface area (TPSA) is 49.3 Å². The van der Waals surface area contributed by atoms with Gasteiger partial charge in [0.05, 0.1) is 11.3 Å². The molecule has 4 heteroatoms. The first kappa shape index (κ1) is 10.5. The van der Waals surface area contributed by atoms with Crippen LogP contribution >= 0.6 is 0 Å². The molecule has 0 aromatic heterocycles. The number of carbonyl (C=O) groups is 1. The number of carboxylic acids is 1. The molecule has 0 saturated heterocycles. The van der Waals surface area contributed by atoms with E-state index in [1.54, 1.807) is 0 Å². The summed E-state index contributed by atoms with van der Waals surface area (Å²) in [6, 6.07) is 3.63. The van der Waals surface area contributed by atoms with E-state index in [1.165, 1.54) is 12.1 Å². The zero-order valence-corrected chi connectivity index (χ0v) is 8.04. The molecule has 1 rings (SSSR count). The smallest absolute Gasteiger partial charge is 0.337 e. The maximum Gasteiger partial charge on any atom is 0.337 e. The van der Waals surface area contributed by atoms with Crippen molar-refractivity contribution in [1.82, 2.24) is 0 Å². The van der Waals surface area contributed by atoms with Crippen LogP contribution in [0.2, 0.25) is 0 Å². The van der Waals surface area contributed by atoms with Crippen molar-refractivity contribution in [3.8, 4) is 0 Å². The molecule has 0 bridgehead atoms. The molecule has 0 aliphatic rings. The van der Waals surface area contributed by atoms with Gasteiger partial charge in [0, 0.05) is 6.04 Å². The van der Waals surface area contributed by atoms with Crippen molar-refractivity contribution >= 4 is 11.7 Å². The Bertz CT molecular complexity index is 350. The Hall–Kier alpha value is -1.58. The lowest BCUT2D eigenvalue weighted by Crippen LogP contribution is -2.13. The first-order valence-electron chi connectivity index (χ1n) is 4.30. The molecule has 0 radical (unpaired) electrons. The molecule has 0 heterocycles. The molecule has 0 fully saturated rings. The van der Waals surface area contributed by atoms with Gasteiger partial charge in [0.2, 0.25) is 0 Å². The predicted octanol–water partition coefficient (Wildman–Crippen LogP) is 2.34. The van der Waals surface area contributed by atoms with Gasteiger partial charge in [-0.2, -0.15) is 0 Å². The van der Waals surface area contributed by atoms with Crippen molar-refractivity contribution < 1.29 is 14.3 Å². The van der Waals surface area contributed by atoms with E-state index in [-0.39, 0.29) is 11.6 Å². The highest BCUT2D eigenvalue weighted by Crippen LogP contribution is 2.17. The SMILES string of the molecule is CC(C)Nc1cc(F)ccc1C(=O)O. The second kappa shape index (κ2) is 4.09. The van der Waals surface area contributed by atoms with Gasteiger partial charge in [-0.05, 0) is 32.0 Å². The molecule has 0 unspecified atom stereocenters. The van der Waals surface area contributed by atoms with Crippen molar-refractivity contribution in [1.29, 1.82) is 0 Å². The van der Waals surface area contributed by atoms with E-state index in [0.29, 0.717) is 5.69 Å². The highest BCUT2D eigenvalue weighted by Gasteiger charge is 2.11. The minimum atomic E-state index is -1.06. The largest absolute Gasteiger partial charge is 0.478 e. The van der Waals surface area contributed by atoms with Crippen molar-refractivity contribution in [2.24, 2.45) is 0 Å². The molecule has 3 nitrogen and oxygen atoms in total. The number of nitrogens with one attached hydrogen (secondary N) is 1. The molecule has 1 aromatic rings. The van der Waals surface area contributed by atoms with Gasteiger partial charge in [-0.1, -0.05) is 0 Å². The second-order valence-corrected chi connectivity index (χ2v) is 3.29. The zero-order chi connectivity index (χ0) is 10.7. The van der Waals surface area contributed by atoms with Crippen LogP contribution < -0.4 is 5.32 Å². The fourth-order valence-electron chi connectivity index (χ4n) is 1.13. The Morgan fingerprint density at radius 2 is 2.14 bits per heavy atom. The van der Waals surface area contributed by atoms with Gasteiger partial charge in [0.15, 0.2) is 0 Å². The molecule has 0 aliphatic carbocycles. The lowest BCUT2D eigenvalue weighted by Gasteiger charge is -2.12. The van der Waals surface area contributed by atoms with E-state index in [1.807, 2.05) is 13.8 Å². The van der Waals surface area contributed by atoms with Gasteiger partial charge in [-0.15, -0.1) is 0 Å². The summed E-state index contributed by atoms with van der Waals surface area (Å²) >= 11 is 0. The number of benzene rings is 1. The van der Waals surface area contributed by atoms with Crippen molar-refractivity contribution in [3.05, 3.63) is 29.6 Å². The lowest BCUT2D eigenvalue weighted by molar-refractivity contribution is 0.0698. The molecule has 0 spiro atoms. The summed E-state index contributed by atoms with van der Waals surface area (Å²) in [5.41, 5.74) is 0.396. The van der Waals surface area contributed by atoms with Gasteiger partial charge in [0.1, 0.15) is 5.82 Å². The Kier molecular flexibility index (Phi) is 3.06. The Morgan fingerprint density at radius 1 is 1.50 bits per heavy atom. The molecule has 14 heavy (non-hydrogen) atoms. The fourth-order valence-corrected chi connectivity index (χ4v) is 1.13. The molecule has 1 aromatic carbocycles. The summed E-state index contributed by atoms with van der Waals surface area (Å²) < 4.78 is 12.8. The van der Waals surface area contributed by atoms with E-state index in [2.05, 4.69) is 5.32 Å². The van der Waals surface area contributed by atoms with Crippen LogP contribution in [0.3, 0.4) is 0 Å². The summed E-state index contributed by atoms with van der Waals surface area (Å²) in [7, 11) is 0. The summed E-state index contributed by atoms with van der Waals surface area (Å²) in [6.45, 7) is 3.72. The van der Waals surface area contributed by atoms with Crippen LogP contribution in [0.15, 0.2) is 18.2 Å². The number of anilines is 1. The average Bonchev–Trinajstić information content (AvgIpc) is 2.01. The van der Waals surface area contributed by atoms with Gasteiger partial charge in [-0.25, -0.2) is 9.18 Å². The Morgan fingerprint density at radius 3 is 2.64 bits per heavy atom. The summed E-state index contributed by atoms with van der Waals surface area (Å²) in [5, 5.41) is 11.7. The third-order valence-corrected chi connectivity index (χ3v) is 1.66. The van der Waals surface area contributed by atoms with E-state index in [9.17, 15) is 9.18 Å². The molecule has 0 aliphatic heterocycles. The first-order chi connectivity index (χ1) is 6.50. The van der Waals surface area contributed by atoms with Gasteiger partial charge in [0.25, 0.3) is 0 Å². The fraction of sp³-hybridized carbons (Fsp3) is 0.300. The van der Waals surface area contributed by atoms with Crippen LogP contribution in [0.25, 0.3) is 0 Å². The second-order valence-electron chi connectivity index (χ2n) is 3.29. The lowest BCUT2D eigenvalue weighted by atomic mass is 10.1. The maximum absolute atomic E-state index is 12.8. The minimum absolute atomic E-state index is 0.0647. The Labute approximate surface area is 81.6 Å². The molecular weight excluding hydrogens is 185 g/mol. The van der Waals surface area contributed by atoms with E-state index < -0.39 is 11.8 Å². The van der Waals surface area contributed by atoms with E-state index >= 15 is 0 Å². The monoisotopic (exact) mass is 197 g/mol. The number of hydrogen-bond acceptors (Lipinski definition) is 2. The first-order valence-corrected chi connectivity index (χ1v) is 4.30. The minimum Gasteiger partial charge on any atom is -0.478 e. The van der Waals surface area contributed by atoms with Crippen molar-refractivity contribution in [2.45, 2.75) is 19.9 Å². The standard InChI is InChI=1S/C10H12FNO2/c1-6(2)12-9-5-7(11)3-4-8(9)10(13)14/h3-6,12H,1-2H3,(H,13,14). The number of aromatic carboxylic acids is 1. The molecule has 2 N–H and O–H groups in total. The quantitative estimate of drug-likeness (QED) is 0.781. The molecular formula is C10H12FNO2.